The van der Waals surface area contributed by atoms with Crippen LogP contribution >= 0.6 is 11.3 Å². The normalized spacial score (nSPS) is 23.3. The van der Waals surface area contributed by atoms with Crippen LogP contribution in [0.4, 0.5) is 0 Å². The number of nitrogens with zero attached hydrogens (tertiary/aromatic N) is 1. The van der Waals surface area contributed by atoms with Crippen molar-refractivity contribution >= 4 is 17.3 Å². The van der Waals surface area contributed by atoms with Crippen molar-refractivity contribution in [2.24, 2.45) is 0 Å². The Kier molecular flexibility index (Phi) is 3.84. The minimum Gasteiger partial charge on any atom is -0.462 e. The van der Waals surface area contributed by atoms with E-state index in [1.165, 1.54) is 24.2 Å². The molecule has 1 aliphatic heterocycles. The van der Waals surface area contributed by atoms with Crippen LogP contribution in [-0.4, -0.2) is 24.1 Å². The van der Waals surface area contributed by atoms with Gasteiger partial charge in [-0.2, -0.15) is 0 Å². The quantitative estimate of drug-likeness (QED) is 0.861. The highest BCUT2D eigenvalue weighted by Gasteiger charge is 2.34. The molecule has 1 atom stereocenters. The van der Waals surface area contributed by atoms with E-state index >= 15 is 0 Å². The van der Waals surface area contributed by atoms with Gasteiger partial charge in [0, 0.05) is 5.92 Å². The second-order valence-corrected chi connectivity index (χ2v) is 6.29. The number of carbonyl (C=O) groups is 1. The number of esters is 1. The van der Waals surface area contributed by atoms with Gasteiger partial charge in [0.2, 0.25) is 0 Å². The number of thiazole rings is 1. The molecule has 1 aromatic heterocycles. The molecule has 0 aromatic carbocycles. The molecule has 1 aliphatic carbocycles. The highest BCUT2D eigenvalue weighted by Crippen LogP contribution is 2.44. The molecule has 3 rings (SSSR count). The number of rotatable bonds is 4. The van der Waals surface area contributed by atoms with Crippen molar-refractivity contribution in [3.05, 3.63) is 15.6 Å². The monoisotopic (exact) mass is 280 g/mol. The van der Waals surface area contributed by atoms with Crippen LogP contribution in [0.15, 0.2) is 0 Å². The molecule has 2 aliphatic rings. The predicted octanol–water partition coefficient (Wildman–Crippen LogP) is 3.01. The van der Waals surface area contributed by atoms with Crippen molar-refractivity contribution in [2.45, 2.75) is 51.0 Å². The van der Waals surface area contributed by atoms with E-state index in [0.29, 0.717) is 18.6 Å². The van der Waals surface area contributed by atoms with Gasteiger partial charge in [-0.1, -0.05) is 6.42 Å². The maximum absolute atomic E-state index is 12.0. The largest absolute Gasteiger partial charge is 0.462 e. The number of aromatic nitrogens is 1. The second kappa shape index (κ2) is 5.59. The summed E-state index contributed by atoms with van der Waals surface area (Å²) >= 11 is 1.53. The number of hydrogen-bond acceptors (Lipinski definition) is 5. The molecular formula is C14H20N2O2S. The van der Waals surface area contributed by atoms with Crippen molar-refractivity contribution < 1.29 is 9.53 Å². The lowest BCUT2D eigenvalue weighted by atomic mass is 10.1. The molecule has 0 amide bonds. The number of hydrogen-bond donors (Lipinski definition) is 1. The Labute approximate surface area is 117 Å². The van der Waals surface area contributed by atoms with Gasteiger partial charge in [0.15, 0.2) is 0 Å². The van der Waals surface area contributed by atoms with E-state index in [-0.39, 0.29) is 5.97 Å². The van der Waals surface area contributed by atoms with E-state index in [1.807, 2.05) is 6.92 Å². The van der Waals surface area contributed by atoms with Crippen LogP contribution in [0.5, 0.6) is 0 Å². The summed E-state index contributed by atoms with van der Waals surface area (Å²) in [5, 5.41) is 4.58. The SMILES string of the molecule is CCOC(=O)c1sc(C2CCCCN2)nc1C1CC1. The Hall–Kier alpha value is -0.940. The van der Waals surface area contributed by atoms with Crippen molar-refractivity contribution in [1.29, 1.82) is 0 Å². The molecule has 2 fully saturated rings. The Morgan fingerprint density at radius 2 is 2.26 bits per heavy atom. The van der Waals surface area contributed by atoms with Gasteiger partial charge < -0.3 is 10.1 Å². The summed E-state index contributed by atoms with van der Waals surface area (Å²) in [5.41, 5.74) is 0.992. The van der Waals surface area contributed by atoms with E-state index in [0.717, 1.165) is 41.4 Å². The molecule has 104 valence electrons. The zero-order chi connectivity index (χ0) is 13.2. The lowest BCUT2D eigenvalue weighted by Gasteiger charge is -2.21. The number of nitrogens with one attached hydrogen (secondary N) is 1. The van der Waals surface area contributed by atoms with Gasteiger partial charge in [-0.3, -0.25) is 0 Å². The zero-order valence-corrected chi connectivity index (χ0v) is 12.1. The molecule has 0 radical (unpaired) electrons. The first-order chi connectivity index (χ1) is 9.29. The molecule has 5 heteroatoms. The molecule has 0 bridgehead atoms. The Morgan fingerprint density at radius 3 is 2.89 bits per heavy atom. The van der Waals surface area contributed by atoms with Gasteiger partial charge >= 0.3 is 5.97 Å². The third-order valence-corrected chi connectivity index (χ3v) is 4.87. The highest BCUT2D eigenvalue weighted by atomic mass is 32.1. The standard InChI is InChI=1S/C14H20N2O2S/c1-2-18-14(17)12-11(9-6-7-9)16-13(19-12)10-5-3-4-8-15-10/h9-10,15H,2-8H2,1H3. The minimum absolute atomic E-state index is 0.191. The van der Waals surface area contributed by atoms with Crippen LogP contribution in [0.1, 0.15) is 71.4 Å². The number of ether oxygens (including phenoxy) is 1. The molecule has 1 saturated heterocycles. The van der Waals surface area contributed by atoms with E-state index in [1.54, 1.807) is 0 Å². The van der Waals surface area contributed by atoms with Crippen molar-refractivity contribution in [2.75, 3.05) is 13.2 Å². The fourth-order valence-corrected chi connectivity index (χ4v) is 3.69. The Balaban J connectivity index is 1.85. The van der Waals surface area contributed by atoms with Gasteiger partial charge in [0.05, 0.1) is 18.3 Å². The van der Waals surface area contributed by atoms with Gasteiger partial charge in [-0.15, -0.1) is 11.3 Å². The fourth-order valence-electron chi connectivity index (χ4n) is 2.54. The zero-order valence-electron chi connectivity index (χ0n) is 11.3. The summed E-state index contributed by atoms with van der Waals surface area (Å²) in [6, 6.07) is 0.333. The molecule has 1 N–H and O–H groups in total. The van der Waals surface area contributed by atoms with Crippen molar-refractivity contribution in [3.8, 4) is 0 Å². The first-order valence-electron chi connectivity index (χ1n) is 7.20. The van der Waals surface area contributed by atoms with Gasteiger partial charge in [-0.25, -0.2) is 9.78 Å². The van der Waals surface area contributed by atoms with Crippen LogP contribution in [-0.2, 0) is 4.74 Å². The van der Waals surface area contributed by atoms with Gasteiger partial charge in [-0.05, 0) is 39.2 Å². The summed E-state index contributed by atoms with van der Waals surface area (Å²) in [4.78, 5) is 17.5. The molecule has 2 heterocycles. The minimum atomic E-state index is -0.191. The smallest absolute Gasteiger partial charge is 0.350 e. The first-order valence-corrected chi connectivity index (χ1v) is 8.02. The first kappa shape index (κ1) is 13.1. The maximum atomic E-state index is 12.0. The average molecular weight is 280 g/mol. The van der Waals surface area contributed by atoms with Gasteiger partial charge in [0.1, 0.15) is 9.88 Å². The summed E-state index contributed by atoms with van der Waals surface area (Å²) in [7, 11) is 0. The fraction of sp³-hybridized carbons (Fsp3) is 0.714. The molecular weight excluding hydrogens is 260 g/mol. The van der Waals surface area contributed by atoms with E-state index in [2.05, 4.69) is 5.32 Å². The topological polar surface area (TPSA) is 51.2 Å². The lowest BCUT2D eigenvalue weighted by Crippen LogP contribution is -2.26. The maximum Gasteiger partial charge on any atom is 0.350 e. The van der Waals surface area contributed by atoms with Crippen LogP contribution in [0.3, 0.4) is 0 Å². The van der Waals surface area contributed by atoms with Crippen LogP contribution < -0.4 is 5.32 Å². The summed E-state index contributed by atoms with van der Waals surface area (Å²) in [5.74, 6) is 0.303. The second-order valence-electron chi connectivity index (χ2n) is 5.26. The van der Waals surface area contributed by atoms with Crippen LogP contribution in [0.25, 0.3) is 0 Å². The Bertz CT molecular complexity index is 462. The molecule has 4 nitrogen and oxygen atoms in total. The summed E-state index contributed by atoms with van der Waals surface area (Å²) in [6.45, 7) is 3.33. The number of piperidine rings is 1. The molecule has 1 aromatic rings. The number of carbonyl (C=O) groups excluding carboxylic acids is 1. The average Bonchev–Trinajstić information content (AvgIpc) is 3.19. The lowest BCUT2D eigenvalue weighted by molar-refractivity contribution is 0.0530. The summed E-state index contributed by atoms with van der Waals surface area (Å²) in [6.07, 6.45) is 5.92. The van der Waals surface area contributed by atoms with E-state index < -0.39 is 0 Å². The summed E-state index contributed by atoms with van der Waals surface area (Å²) < 4.78 is 5.16. The third-order valence-electron chi connectivity index (χ3n) is 3.70. The van der Waals surface area contributed by atoms with Crippen molar-refractivity contribution in [1.82, 2.24) is 10.3 Å². The highest BCUT2D eigenvalue weighted by molar-refractivity contribution is 7.13. The van der Waals surface area contributed by atoms with Crippen LogP contribution in [0.2, 0.25) is 0 Å². The molecule has 1 saturated carbocycles. The van der Waals surface area contributed by atoms with E-state index in [9.17, 15) is 4.79 Å². The van der Waals surface area contributed by atoms with Crippen LogP contribution in [0, 0.1) is 0 Å². The molecule has 19 heavy (non-hydrogen) atoms. The molecule has 1 unspecified atom stereocenters. The van der Waals surface area contributed by atoms with Gasteiger partial charge in [0.25, 0.3) is 0 Å². The third kappa shape index (κ3) is 2.82. The molecule has 0 spiro atoms. The van der Waals surface area contributed by atoms with Crippen molar-refractivity contribution in [3.63, 3.8) is 0 Å². The Morgan fingerprint density at radius 1 is 1.42 bits per heavy atom. The predicted molar refractivity (Wildman–Crippen MR) is 74.6 cm³/mol. The van der Waals surface area contributed by atoms with E-state index in [4.69, 9.17) is 9.72 Å².